The summed E-state index contributed by atoms with van der Waals surface area (Å²) in [7, 11) is 0. The first-order valence-electron chi connectivity index (χ1n) is 6.76. The molecule has 1 aromatic heterocycles. The lowest BCUT2D eigenvalue weighted by Crippen LogP contribution is -2.21. The van der Waals surface area contributed by atoms with Gasteiger partial charge in [-0.3, -0.25) is 0 Å². The van der Waals surface area contributed by atoms with Crippen LogP contribution < -0.4 is 5.32 Å². The average Bonchev–Trinajstić information content (AvgIpc) is 2.80. The fourth-order valence-electron chi connectivity index (χ4n) is 2.03. The molecule has 1 aromatic carbocycles. The van der Waals surface area contributed by atoms with E-state index in [0.717, 1.165) is 24.5 Å². The Morgan fingerprint density at radius 3 is 2.79 bits per heavy atom. The molecule has 0 aliphatic carbocycles. The number of nitrogens with zero attached hydrogens (tertiary/aromatic N) is 3. The summed E-state index contributed by atoms with van der Waals surface area (Å²) in [5, 5.41) is 11.7. The first kappa shape index (κ1) is 13.7. The molecule has 102 valence electrons. The molecule has 0 saturated heterocycles. The largest absolute Gasteiger partial charge is 0.311 e. The predicted octanol–water partition coefficient (Wildman–Crippen LogP) is 2.63. The smallest absolute Gasteiger partial charge is 0.0783 e. The van der Waals surface area contributed by atoms with Crippen LogP contribution in [0.5, 0.6) is 0 Å². The van der Waals surface area contributed by atoms with Gasteiger partial charge in [-0.2, -0.15) is 0 Å². The highest BCUT2D eigenvalue weighted by Crippen LogP contribution is 2.17. The van der Waals surface area contributed by atoms with E-state index in [-0.39, 0.29) is 0 Å². The molecule has 0 radical (unpaired) electrons. The Kier molecular flexibility index (Phi) is 4.32. The quantitative estimate of drug-likeness (QED) is 0.896. The van der Waals surface area contributed by atoms with E-state index in [1.165, 1.54) is 11.1 Å². The minimum absolute atomic E-state index is 0.644. The summed E-state index contributed by atoms with van der Waals surface area (Å²) >= 11 is 0. The normalized spacial score (nSPS) is 11.2. The molecule has 19 heavy (non-hydrogen) atoms. The number of hydrogen-bond acceptors (Lipinski definition) is 3. The lowest BCUT2D eigenvalue weighted by atomic mass is 10.1. The SMILES string of the molecule is Cc1cccc(-n2nncc2CNCC(C)C)c1C. The van der Waals surface area contributed by atoms with Gasteiger partial charge in [0.1, 0.15) is 0 Å². The van der Waals surface area contributed by atoms with Gasteiger partial charge in [-0.05, 0) is 43.5 Å². The molecule has 0 fully saturated rings. The van der Waals surface area contributed by atoms with Crippen LogP contribution in [0, 0.1) is 19.8 Å². The molecule has 1 N–H and O–H groups in total. The van der Waals surface area contributed by atoms with E-state index in [9.17, 15) is 0 Å². The molecular formula is C15H22N4. The number of hydrogen-bond donors (Lipinski definition) is 1. The van der Waals surface area contributed by atoms with Crippen molar-refractivity contribution in [2.45, 2.75) is 34.2 Å². The molecule has 4 nitrogen and oxygen atoms in total. The van der Waals surface area contributed by atoms with Gasteiger partial charge in [0.05, 0.1) is 17.6 Å². The fourth-order valence-corrected chi connectivity index (χ4v) is 2.03. The first-order chi connectivity index (χ1) is 9.09. The van der Waals surface area contributed by atoms with Crippen molar-refractivity contribution in [1.29, 1.82) is 0 Å². The molecule has 0 atom stereocenters. The summed E-state index contributed by atoms with van der Waals surface area (Å²) in [5.74, 6) is 0.644. The summed E-state index contributed by atoms with van der Waals surface area (Å²) in [6.45, 7) is 10.4. The summed E-state index contributed by atoms with van der Waals surface area (Å²) < 4.78 is 1.93. The lowest BCUT2D eigenvalue weighted by Gasteiger charge is -2.12. The Morgan fingerprint density at radius 1 is 1.26 bits per heavy atom. The van der Waals surface area contributed by atoms with Gasteiger partial charge >= 0.3 is 0 Å². The number of benzene rings is 1. The third kappa shape index (κ3) is 3.20. The van der Waals surface area contributed by atoms with Crippen LogP contribution in [0.4, 0.5) is 0 Å². The maximum Gasteiger partial charge on any atom is 0.0783 e. The molecule has 1 heterocycles. The number of rotatable bonds is 5. The summed E-state index contributed by atoms with van der Waals surface area (Å²) in [5.41, 5.74) is 4.72. The van der Waals surface area contributed by atoms with Crippen LogP contribution in [0.2, 0.25) is 0 Å². The Balaban J connectivity index is 2.21. The van der Waals surface area contributed by atoms with Crippen LogP contribution in [0.3, 0.4) is 0 Å². The van der Waals surface area contributed by atoms with Crippen LogP contribution in [0.1, 0.15) is 30.7 Å². The third-order valence-corrected chi connectivity index (χ3v) is 3.28. The van der Waals surface area contributed by atoms with Crippen molar-refractivity contribution in [3.63, 3.8) is 0 Å². The van der Waals surface area contributed by atoms with Gasteiger partial charge in [0, 0.05) is 6.54 Å². The summed E-state index contributed by atoms with van der Waals surface area (Å²) in [6.07, 6.45) is 1.83. The van der Waals surface area contributed by atoms with Gasteiger partial charge in [-0.25, -0.2) is 4.68 Å². The van der Waals surface area contributed by atoms with E-state index in [1.54, 1.807) is 0 Å². The lowest BCUT2D eigenvalue weighted by molar-refractivity contribution is 0.542. The second-order valence-electron chi connectivity index (χ2n) is 5.38. The third-order valence-electron chi connectivity index (χ3n) is 3.28. The van der Waals surface area contributed by atoms with Crippen molar-refractivity contribution in [1.82, 2.24) is 20.3 Å². The zero-order valence-corrected chi connectivity index (χ0v) is 12.1. The first-order valence-corrected chi connectivity index (χ1v) is 6.76. The maximum absolute atomic E-state index is 4.21. The Bertz CT molecular complexity index is 543. The molecule has 0 bridgehead atoms. The highest BCUT2D eigenvalue weighted by atomic mass is 15.4. The standard InChI is InChI=1S/C15H22N4/c1-11(2)8-16-9-14-10-17-18-19(14)15-7-5-6-12(3)13(15)4/h5-7,10-11,16H,8-9H2,1-4H3. The number of nitrogens with one attached hydrogen (secondary N) is 1. The van der Waals surface area contributed by atoms with Crippen LogP contribution >= 0.6 is 0 Å². The van der Waals surface area contributed by atoms with E-state index in [1.807, 2.05) is 10.9 Å². The molecule has 0 aliphatic rings. The van der Waals surface area contributed by atoms with Crippen molar-refractivity contribution in [3.8, 4) is 5.69 Å². The summed E-state index contributed by atoms with van der Waals surface area (Å²) in [6, 6.07) is 6.26. The van der Waals surface area contributed by atoms with Gasteiger partial charge in [-0.15, -0.1) is 5.10 Å². The van der Waals surface area contributed by atoms with Gasteiger partial charge in [0.2, 0.25) is 0 Å². The van der Waals surface area contributed by atoms with E-state index in [0.29, 0.717) is 5.92 Å². The van der Waals surface area contributed by atoms with E-state index in [2.05, 4.69) is 61.5 Å². The van der Waals surface area contributed by atoms with Crippen molar-refractivity contribution < 1.29 is 0 Å². The molecule has 0 unspecified atom stereocenters. The van der Waals surface area contributed by atoms with Crippen LogP contribution in [0.15, 0.2) is 24.4 Å². The molecular weight excluding hydrogens is 236 g/mol. The number of aryl methyl sites for hydroxylation is 1. The Morgan fingerprint density at radius 2 is 2.05 bits per heavy atom. The molecule has 0 amide bonds. The van der Waals surface area contributed by atoms with Crippen LogP contribution in [-0.4, -0.2) is 21.5 Å². The highest BCUT2D eigenvalue weighted by Gasteiger charge is 2.09. The number of aromatic nitrogens is 3. The van der Waals surface area contributed by atoms with Crippen LogP contribution in [-0.2, 0) is 6.54 Å². The maximum atomic E-state index is 4.21. The van der Waals surface area contributed by atoms with Crippen molar-refractivity contribution >= 4 is 0 Å². The van der Waals surface area contributed by atoms with Gasteiger partial charge in [-0.1, -0.05) is 31.2 Å². The second kappa shape index (κ2) is 5.97. The van der Waals surface area contributed by atoms with Gasteiger partial charge in [0.25, 0.3) is 0 Å². The van der Waals surface area contributed by atoms with E-state index in [4.69, 9.17) is 0 Å². The van der Waals surface area contributed by atoms with E-state index >= 15 is 0 Å². The second-order valence-corrected chi connectivity index (χ2v) is 5.38. The molecule has 2 aromatic rings. The molecule has 0 spiro atoms. The minimum atomic E-state index is 0.644. The monoisotopic (exact) mass is 258 g/mol. The molecule has 4 heteroatoms. The molecule has 2 rings (SSSR count). The summed E-state index contributed by atoms with van der Waals surface area (Å²) in [4.78, 5) is 0. The Labute approximate surface area is 114 Å². The molecule has 0 aliphatic heterocycles. The fraction of sp³-hybridized carbons (Fsp3) is 0.467. The van der Waals surface area contributed by atoms with E-state index < -0.39 is 0 Å². The topological polar surface area (TPSA) is 42.7 Å². The minimum Gasteiger partial charge on any atom is -0.311 e. The highest BCUT2D eigenvalue weighted by molar-refractivity contribution is 5.44. The average molecular weight is 258 g/mol. The van der Waals surface area contributed by atoms with Crippen LogP contribution in [0.25, 0.3) is 5.69 Å². The van der Waals surface area contributed by atoms with Gasteiger partial charge < -0.3 is 5.32 Å². The zero-order valence-electron chi connectivity index (χ0n) is 12.1. The van der Waals surface area contributed by atoms with Crippen molar-refractivity contribution in [2.75, 3.05) is 6.54 Å². The Hall–Kier alpha value is -1.68. The molecule has 0 saturated carbocycles. The zero-order chi connectivity index (χ0) is 13.8. The van der Waals surface area contributed by atoms with Gasteiger partial charge in [0.15, 0.2) is 0 Å². The predicted molar refractivity (Wildman–Crippen MR) is 77.4 cm³/mol. The van der Waals surface area contributed by atoms with Crippen molar-refractivity contribution in [2.24, 2.45) is 5.92 Å². The van der Waals surface area contributed by atoms with Crippen molar-refractivity contribution in [3.05, 3.63) is 41.2 Å².